The van der Waals surface area contributed by atoms with E-state index in [0.29, 0.717) is 19.8 Å². The molecule has 4 nitrogen and oxygen atoms in total. The Labute approximate surface area is 172 Å². The quantitative estimate of drug-likeness (QED) is 0.289. The van der Waals surface area contributed by atoms with Crippen LogP contribution in [0.2, 0.25) is 0 Å². The Kier molecular flexibility index (Phi) is 7.56. The van der Waals surface area contributed by atoms with Gasteiger partial charge in [0, 0.05) is 0 Å². The Morgan fingerprint density at radius 1 is 0.690 bits per heavy atom. The van der Waals surface area contributed by atoms with Crippen LogP contribution in [0.25, 0.3) is 0 Å². The van der Waals surface area contributed by atoms with E-state index in [2.05, 4.69) is 41.1 Å². The molecule has 150 valence electrons. The van der Waals surface area contributed by atoms with Crippen LogP contribution in [-0.4, -0.2) is 32.9 Å². The number of carbonyl (C=O) groups is 1. The fraction of sp³-hybridized carbons (Fsp3) is 0.240. The van der Waals surface area contributed by atoms with E-state index in [1.54, 1.807) is 0 Å². The monoisotopic (exact) mass is 390 g/mol. The third kappa shape index (κ3) is 5.11. The minimum absolute atomic E-state index is 0.234. The van der Waals surface area contributed by atoms with Crippen molar-refractivity contribution in [3.05, 3.63) is 108 Å². The lowest BCUT2D eigenvalue weighted by molar-refractivity contribution is -0.142. The first kappa shape index (κ1) is 20.8. The average Bonchev–Trinajstić information content (AvgIpc) is 2.80. The van der Waals surface area contributed by atoms with Gasteiger partial charge in [-0.2, -0.15) is 0 Å². The molecular weight excluding hydrogens is 364 g/mol. The number of methoxy groups -OCH3 is 1. The van der Waals surface area contributed by atoms with Gasteiger partial charge in [0.25, 0.3) is 0 Å². The maximum atomic E-state index is 11.2. The summed E-state index contributed by atoms with van der Waals surface area (Å²) in [4.78, 5) is 11.2. The van der Waals surface area contributed by atoms with E-state index in [-0.39, 0.29) is 12.4 Å². The summed E-state index contributed by atoms with van der Waals surface area (Å²) in [6.07, 6.45) is 0.234. The van der Waals surface area contributed by atoms with Gasteiger partial charge in [-0.3, -0.25) is 4.79 Å². The summed E-state index contributed by atoms with van der Waals surface area (Å²) in [6.45, 7) is 1.07. The lowest BCUT2D eigenvalue weighted by atomic mass is 9.80. The molecule has 4 heteroatoms. The van der Waals surface area contributed by atoms with Gasteiger partial charge in [-0.1, -0.05) is 91.0 Å². The molecule has 0 N–H and O–H groups in total. The minimum Gasteiger partial charge on any atom is -0.469 e. The first-order valence-electron chi connectivity index (χ1n) is 9.72. The van der Waals surface area contributed by atoms with Crippen molar-refractivity contribution in [2.45, 2.75) is 12.0 Å². The predicted octanol–water partition coefficient (Wildman–Crippen LogP) is 4.57. The van der Waals surface area contributed by atoms with Crippen molar-refractivity contribution in [1.82, 2.24) is 0 Å². The summed E-state index contributed by atoms with van der Waals surface area (Å²) in [7, 11) is 1.37. The van der Waals surface area contributed by atoms with E-state index in [9.17, 15) is 4.79 Å². The van der Waals surface area contributed by atoms with Crippen LogP contribution in [0.15, 0.2) is 91.0 Å². The van der Waals surface area contributed by atoms with Crippen molar-refractivity contribution in [1.29, 1.82) is 0 Å². The largest absolute Gasteiger partial charge is 0.469 e. The van der Waals surface area contributed by atoms with Crippen LogP contribution in [0, 0.1) is 0 Å². The van der Waals surface area contributed by atoms with Crippen molar-refractivity contribution < 1.29 is 19.0 Å². The molecule has 0 unspecified atom stereocenters. The number of benzene rings is 3. The van der Waals surface area contributed by atoms with Crippen LogP contribution in [0.1, 0.15) is 23.1 Å². The van der Waals surface area contributed by atoms with Crippen molar-refractivity contribution in [3.63, 3.8) is 0 Å². The number of carbonyl (C=O) groups excluding carboxylic acids is 1. The molecule has 0 saturated carbocycles. The number of ether oxygens (including phenoxy) is 3. The second-order valence-electron chi connectivity index (χ2n) is 6.57. The van der Waals surface area contributed by atoms with Gasteiger partial charge >= 0.3 is 5.97 Å². The molecule has 0 saturated heterocycles. The molecule has 0 atom stereocenters. The molecule has 0 radical (unpaired) electrons. The third-order valence-electron chi connectivity index (χ3n) is 4.77. The van der Waals surface area contributed by atoms with Gasteiger partial charge in [0.2, 0.25) is 0 Å². The van der Waals surface area contributed by atoms with Gasteiger partial charge in [-0.15, -0.1) is 0 Å². The van der Waals surface area contributed by atoms with Crippen LogP contribution < -0.4 is 0 Å². The van der Waals surface area contributed by atoms with E-state index >= 15 is 0 Å². The van der Waals surface area contributed by atoms with E-state index in [0.717, 1.165) is 16.7 Å². The van der Waals surface area contributed by atoms with Crippen molar-refractivity contribution in [2.24, 2.45) is 0 Å². The highest BCUT2D eigenvalue weighted by Crippen LogP contribution is 2.40. The summed E-state index contributed by atoms with van der Waals surface area (Å²) in [5.41, 5.74) is 2.39. The summed E-state index contributed by atoms with van der Waals surface area (Å²) < 4.78 is 16.8. The topological polar surface area (TPSA) is 44.8 Å². The average molecular weight is 390 g/mol. The molecule has 0 bridgehead atoms. The molecule has 0 aliphatic rings. The molecule has 0 heterocycles. The molecule has 3 aromatic carbocycles. The van der Waals surface area contributed by atoms with Gasteiger partial charge in [0.15, 0.2) is 0 Å². The zero-order chi connectivity index (χ0) is 20.4. The SMILES string of the molecule is COC(=O)CCOCCOC(c1ccccc1)(c1ccccc1)c1ccccc1. The van der Waals surface area contributed by atoms with Gasteiger partial charge in [0.1, 0.15) is 5.60 Å². The molecule has 29 heavy (non-hydrogen) atoms. The van der Waals surface area contributed by atoms with E-state index in [1.165, 1.54) is 7.11 Å². The summed E-state index contributed by atoms with van der Waals surface area (Å²) in [5.74, 6) is -0.280. The number of hydrogen-bond donors (Lipinski definition) is 0. The van der Waals surface area contributed by atoms with E-state index in [4.69, 9.17) is 9.47 Å². The van der Waals surface area contributed by atoms with E-state index in [1.807, 2.05) is 54.6 Å². The number of esters is 1. The molecule has 3 rings (SSSR count). The van der Waals surface area contributed by atoms with Gasteiger partial charge in [-0.25, -0.2) is 0 Å². The first-order valence-corrected chi connectivity index (χ1v) is 9.72. The maximum Gasteiger partial charge on any atom is 0.307 e. The predicted molar refractivity (Wildman–Crippen MR) is 113 cm³/mol. The smallest absolute Gasteiger partial charge is 0.307 e. The lowest BCUT2D eigenvalue weighted by Crippen LogP contribution is -2.34. The molecule has 0 spiro atoms. The Balaban J connectivity index is 1.88. The van der Waals surface area contributed by atoms with Crippen LogP contribution in [-0.2, 0) is 24.6 Å². The first-order chi connectivity index (χ1) is 14.3. The number of hydrogen-bond acceptors (Lipinski definition) is 4. The Hall–Kier alpha value is -2.95. The van der Waals surface area contributed by atoms with Crippen molar-refractivity contribution in [3.8, 4) is 0 Å². The maximum absolute atomic E-state index is 11.2. The van der Waals surface area contributed by atoms with Gasteiger partial charge < -0.3 is 14.2 Å². The standard InChI is InChI=1S/C25H26O4/c1-27-24(26)17-18-28-19-20-29-25(21-11-5-2-6-12-21,22-13-7-3-8-14-22)23-15-9-4-10-16-23/h2-16H,17-20H2,1H3. The van der Waals surface area contributed by atoms with Crippen LogP contribution in [0.4, 0.5) is 0 Å². The zero-order valence-corrected chi connectivity index (χ0v) is 16.6. The summed E-state index contributed by atoms with van der Waals surface area (Å²) in [5, 5.41) is 0. The second kappa shape index (κ2) is 10.6. The molecule has 0 aliphatic carbocycles. The molecule has 0 aliphatic heterocycles. The highest BCUT2D eigenvalue weighted by molar-refractivity contribution is 5.69. The summed E-state index contributed by atoms with van der Waals surface area (Å²) in [6, 6.07) is 30.6. The zero-order valence-electron chi connectivity index (χ0n) is 16.6. The molecule has 0 aromatic heterocycles. The van der Waals surface area contributed by atoms with Crippen molar-refractivity contribution in [2.75, 3.05) is 26.9 Å². The third-order valence-corrected chi connectivity index (χ3v) is 4.77. The van der Waals surface area contributed by atoms with Crippen LogP contribution >= 0.6 is 0 Å². The van der Waals surface area contributed by atoms with Crippen LogP contribution in [0.5, 0.6) is 0 Å². The molecule has 3 aromatic rings. The Morgan fingerprint density at radius 2 is 1.14 bits per heavy atom. The summed E-state index contributed by atoms with van der Waals surface area (Å²) >= 11 is 0. The molecule has 0 fully saturated rings. The Morgan fingerprint density at radius 3 is 1.55 bits per heavy atom. The second-order valence-corrected chi connectivity index (χ2v) is 6.57. The van der Waals surface area contributed by atoms with Gasteiger partial charge in [-0.05, 0) is 16.7 Å². The van der Waals surface area contributed by atoms with Crippen LogP contribution in [0.3, 0.4) is 0 Å². The van der Waals surface area contributed by atoms with Gasteiger partial charge in [0.05, 0.1) is 33.4 Å². The minimum atomic E-state index is -0.754. The normalized spacial score (nSPS) is 11.2. The van der Waals surface area contributed by atoms with Crippen molar-refractivity contribution >= 4 is 5.97 Å². The van der Waals surface area contributed by atoms with E-state index < -0.39 is 5.60 Å². The fourth-order valence-electron chi connectivity index (χ4n) is 3.38. The highest BCUT2D eigenvalue weighted by atomic mass is 16.5. The fourth-order valence-corrected chi connectivity index (χ4v) is 3.38. The molecular formula is C25H26O4. The lowest BCUT2D eigenvalue weighted by Gasteiger charge is -2.36. The highest BCUT2D eigenvalue weighted by Gasteiger charge is 2.37. The Bertz CT molecular complexity index is 766. The molecule has 0 amide bonds. The number of rotatable bonds is 10.